The number of rotatable bonds is 4. The number of esters is 1. The molecule has 0 saturated heterocycles. The van der Waals surface area contributed by atoms with Crippen LogP contribution in [-0.2, 0) is 4.74 Å². The number of aromatic nitrogens is 1. The fraction of sp³-hybridized carbons (Fsp3) is 0.100. The highest BCUT2D eigenvalue weighted by atomic mass is 19.1. The summed E-state index contributed by atoms with van der Waals surface area (Å²) in [5.74, 6) is -1.77. The van der Waals surface area contributed by atoms with Crippen LogP contribution in [0.2, 0.25) is 0 Å². The minimum absolute atomic E-state index is 0.0714. The molecule has 0 fully saturated rings. The first-order valence-electron chi connectivity index (χ1n) is 7.83. The van der Waals surface area contributed by atoms with Crippen molar-refractivity contribution in [2.24, 2.45) is 0 Å². The molecule has 0 aliphatic carbocycles. The molecule has 1 aromatic heterocycles. The summed E-state index contributed by atoms with van der Waals surface area (Å²) in [6, 6.07) is 15.0. The maximum absolute atomic E-state index is 15.3. The van der Waals surface area contributed by atoms with Crippen LogP contribution in [0.5, 0.6) is 5.75 Å². The van der Waals surface area contributed by atoms with E-state index < -0.39 is 11.8 Å². The molecule has 2 aromatic carbocycles. The lowest BCUT2D eigenvalue weighted by Gasteiger charge is -2.15. The Labute approximate surface area is 144 Å². The minimum atomic E-state index is -0.792. The molecule has 1 N–H and O–H groups in total. The average molecular weight is 337 g/mol. The van der Waals surface area contributed by atoms with Gasteiger partial charge in [0, 0.05) is 11.8 Å². The number of hydrogen-bond donors (Lipinski definition) is 1. The van der Waals surface area contributed by atoms with Crippen LogP contribution in [0, 0.1) is 5.82 Å². The smallest absolute Gasteiger partial charge is 0.342 e. The standard InChI is InChI=1S/C20H16FNO3/c1-2-25-20(24)18-16(23)12-14(13-8-4-3-5-9-13)19(21)17(18)15-10-6-7-11-22-15/h3-12,23H,2H2,1H3. The maximum Gasteiger partial charge on any atom is 0.342 e. The van der Waals surface area contributed by atoms with Gasteiger partial charge in [0.1, 0.15) is 17.1 Å². The molecule has 0 aliphatic rings. The summed E-state index contributed by atoms with van der Waals surface area (Å²) in [5, 5.41) is 10.4. The van der Waals surface area contributed by atoms with E-state index in [2.05, 4.69) is 4.98 Å². The summed E-state index contributed by atoms with van der Waals surface area (Å²) in [5.41, 5.74) is 0.724. The summed E-state index contributed by atoms with van der Waals surface area (Å²) in [4.78, 5) is 16.4. The van der Waals surface area contributed by atoms with Crippen LogP contribution in [0.25, 0.3) is 22.4 Å². The summed E-state index contributed by atoms with van der Waals surface area (Å²) in [7, 11) is 0. The number of hydrogen-bond acceptors (Lipinski definition) is 4. The third-order valence-corrected chi connectivity index (χ3v) is 3.73. The van der Waals surface area contributed by atoms with Gasteiger partial charge >= 0.3 is 5.97 Å². The Bertz CT molecular complexity index is 896. The molecule has 1 heterocycles. The van der Waals surface area contributed by atoms with Crippen molar-refractivity contribution < 1.29 is 19.0 Å². The van der Waals surface area contributed by atoms with Crippen molar-refractivity contribution in [3.05, 3.63) is 72.2 Å². The predicted molar refractivity (Wildman–Crippen MR) is 92.7 cm³/mol. The molecular formula is C20H16FNO3. The topological polar surface area (TPSA) is 59.4 Å². The first-order chi connectivity index (χ1) is 12.1. The number of benzene rings is 2. The van der Waals surface area contributed by atoms with Gasteiger partial charge < -0.3 is 9.84 Å². The second-order valence-corrected chi connectivity index (χ2v) is 5.31. The monoisotopic (exact) mass is 337 g/mol. The number of nitrogens with zero attached hydrogens (tertiary/aromatic N) is 1. The van der Waals surface area contributed by atoms with Crippen LogP contribution in [0.4, 0.5) is 4.39 Å². The predicted octanol–water partition coefficient (Wildman–Crippen LogP) is 4.44. The number of phenolic OH excluding ortho intramolecular Hbond substituents is 1. The van der Waals surface area contributed by atoms with E-state index in [1.807, 2.05) is 6.07 Å². The number of phenols is 1. The van der Waals surface area contributed by atoms with Crippen molar-refractivity contribution >= 4 is 5.97 Å². The quantitative estimate of drug-likeness (QED) is 0.715. The zero-order valence-corrected chi connectivity index (χ0v) is 13.6. The Kier molecular flexibility index (Phi) is 4.75. The summed E-state index contributed by atoms with van der Waals surface area (Å²) < 4.78 is 20.3. The third kappa shape index (κ3) is 3.21. The molecular weight excluding hydrogens is 321 g/mol. The molecule has 126 valence electrons. The van der Waals surface area contributed by atoms with Crippen LogP contribution in [-0.4, -0.2) is 22.7 Å². The van der Waals surface area contributed by atoms with Gasteiger partial charge in [0.05, 0.1) is 17.9 Å². The molecule has 0 aliphatic heterocycles. The number of aromatic hydroxyl groups is 1. The fourth-order valence-electron chi connectivity index (χ4n) is 2.63. The summed E-state index contributed by atoms with van der Waals surface area (Å²) >= 11 is 0. The van der Waals surface area contributed by atoms with Crippen LogP contribution in [0.3, 0.4) is 0 Å². The fourth-order valence-corrected chi connectivity index (χ4v) is 2.63. The van der Waals surface area contributed by atoms with Crippen molar-refractivity contribution in [3.8, 4) is 28.1 Å². The molecule has 0 saturated carbocycles. The van der Waals surface area contributed by atoms with Gasteiger partial charge in [-0.15, -0.1) is 0 Å². The van der Waals surface area contributed by atoms with Gasteiger partial charge in [-0.1, -0.05) is 36.4 Å². The molecule has 3 aromatic rings. The summed E-state index contributed by atoms with van der Waals surface area (Å²) in [6.45, 7) is 1.76. The van der Waals surface area contributed by atoms with Crippen molar-refractivity contribution in [1.82, 2.24) is 4.98 Å². The van der Waals surface area contributed by atoms with Gasteiger partial charge in [0.2, 0.25) is 0 Å². The Morgan fingerprint density at radius 2 is 1.88 bits per heavy atom. The first-order valence-corrected chi connectivity index (χ1v) is 7.83. The number of ether oxygens (including phenoxy) is 1. The minimum Gasteiger partial charge on any atom is -0.507 e. The van der Waals surface area contributed by atoms with Gasteiger partial charge in [-0.2, -0.15) is 0 Å². The largest absolute Gasteiger partial charge is 0.507 e. The molecule has 0 radical (unpaired) electrons. The number of halogens is 1. The molecule has 0 amide bonds. The lowest BCUT2D eigenvalue weighted by Crippen LogP contribution is -2.09. The second kappa shape index (κ2) is 7.13. The van der Waals surface area contributed by atoms with Crippen LogP contribution >= 0.6 is 0 Å². The van der Waals surface area contributed by atoms with E-state index in [0.717, 1.165) is 0 Å². The van der Waals surface area contributed by atoms with Gasteiger partial charge in [-0.3, -0.25) is 4.98 Å². The van der Waals surface area contributed by atoms with E-state index >= 15 is 4.39 Å². The van der Waals surface area contributed by atoms with Crippen molar-refractivity contribution in [2.75, 3.05) is 6.61 Å². The Hall–Kier alpha value is -3.21. The molecule has 0 unspecified atom stereocenters. The Balaban J connectivity index is 2.31. The van der Waals surface area contributed by atoms with E-state index in [4.69, 9.17) is 4.74 Å². The zero-order valence-electron chi connectivity index (χ0n) is 13.6. The molecule has 0 atom stereocenters. The van der Waals surface area contributed by atoms with Gasteiger partial charge in [-0.05, 0) is 30.7 Å². The normalized spacial score (nSPS) is 10.5. The highest BCUT2D eigenvalue weighted by Crippen LogP contribution is 2.38. The number of carbonyl (C=O) groups excluding carboxylic acids is 1. The molecule has 4 nitrogen and oxygen atoms in total. The van der Waals surface area contributed by atoms with Gasteiger partial charge in [-0.25, -0.2) is 9.18 Å². The average Bonchev–Trinajstić information content (AvgIpc) is 2.64. The molecule has 5 heteroatoms. The first kappa shape index (κ1) is 16.6. The van der Waals surface area contributed by atoms with Crippen molar-refractivity contribution in [3.63, 3.8) is 0 Å². The van der Waals surface area contributed by atoms with Gasteiger partial charge in [0.15, 0.2) is 0 Å². The molecule has 0 spiro atoms. The van der Waals surface area contributed by atoms with Crippen LogP contribution in [0.15, 0.2) is 60.8 Å². The summed E-state index contributed by atoms with van der Waals surface area (Å²) in [6.07, 6.45) is 1.50. The molecule has 3 rings (SSSR count). The van der Waals surface area contributed by atoms with E-state index in [-0.39, 0.29) is 34.7 Å². The molecule has 25 heavy (non-hydrogen) atoms. The van der Waals surface area contributed by atoms with Crippen molar-refractivity contribution in [2.45, 2.75) is 6.92 Å². The maximum atomic E-state index is 15.3. The van der Waals surface area contributed by atoms with Gasteiger partial charge in [0.25, 0.3) is 0 Å². The Morgan fingerprint density at radius 3 is 2.52 bits per heavy atom. The number of pyridine rings is 1. The van der Waals surface area contributed by atoms with E-state index in [9.17, 15) is 9.90 Å². The van der Waals surface area contributed by atoms with E-state index in [0.29, 0.717) is 5.56 Å². The van der Waals surface area contributed by atoms with Crippen LogP contribution < -0.4 is 0 Å². The second-order valence-electron chi connectivity index (χ2n) is 5.31. The third-order valence-electron chi connectivity index (χ3n) is 3.73. The SMILES string of the molecule is CCOC(=O)c1c(O)cc(-c2ccccc2)c(F)c1-c1ccccn1. The number of carbonyl (C=O) groups is 1. The van der Waals surface area contributed by atoms with Crippen LogP contribution in [0.1, 0.15) is 17.3 Å². The lowest BCUT2D eigenvalue weighted by molar-refractivity contribution is 0.0523. The Morgan fingerprint density at radius 1 is 1.16 bits per heavy atom. The van der Waals surface area contributed by atoms with E-state index in [1.54, 1.807) is 49.4 Å². The van der Waals surface area contributed by atoms with Crippen molar-refractivity contribution in [1.29, 1.82) is 0 Å². The highest BCUT2D eigenvalue weighted by molar-refractivity contribution is 6.01. The molecule has 0 bridgehead atoms. The lowest BCUT2D eigenvalue weighted by atomic mass is 9.95. The highest BCUT2D eigenvalue weighted by Gasteiger charge is 2.26. The zero-order chi connectivity index (χ0) is 17.8. The van der Waals surface area contributed by atoms with E-state index in [1.165, 1.54) is 12.3 Å².